The molecule has 0 aliphatic heterocycles. The van der Waals surface area contributed by atoms with Crippen LogP contribution in [0.15, 0.2) is 77.3 Å². The van der Waals surface area contributed by atoms with Crippen LogP contribution in [0, 0.1) is 0 Å². The molecule has 0 aromatic heterocycles. The number of hydrogen-bond donors (Lipinski definition) is 2. The van der Waals surface area contributed by atoms with Crippen molar-refractivity contribution in [2.45, 2.75) is 72.1 Å². The van der Waals surface area contributed by atoms with Crippen molar-refractivity contribution in [3.05, 3.63) is 99.5 Å². The minimum Gasteiger partial charge on any atom is -0.463 e. The Labute approximate surface area is 269 Å². The molecule has 1 saturated carbocycles. The van der Waals surface area contributed by atoms with E-state index in [1.54, 1.807) is 12.1 Å². The zero-order valence-corrected chi connectivity index (χ0v) is 26.4. The van der Waals surface area contributed by atoms with Crippen molar-refractivity contribution < 1.29 is 29.0 Å². The Morgan fingerprint density at radius 3 is 1.98 bits per heavy atom. The third kappa shape index (κ3) is 11.5. The maximum Gasteiger partial charge on any atom is 0.338 e. The Hall–Kier alpha value is -3.53. The van der Waals surface area contributed by atoms with E-state index >= 15 is 0 Å². The molecule has 0 bridgehead atoms. The highest BCUT2D eigenvalue weighted by molar-refractivity contribution is 9.10. The van der Waals surface area contributed by atoms with E-state index in [1.165, 1.54) is 39.0 Å². The molecule has 1 unspecified atom stereocenters. The van der Waals surface area contributed by atoms with Crippen molar-refractivity contribution in [2.24, 2.45) is 0 Å². The third-order valence-corrected chi connectivity index (χ3v) is 7.94. The van der Waals surface area contributed by atoms with Crippen LogP contribution in [0.2, 0.25) is 0 Å². The van der Waals surface area contributed by atoms with Gasteiger partial charge in [0.25, 0.3) is 0 Å². The second-order valence-electron chi connectivity index (χ2n) is 10.5. The second kappa shape index (κ2) is 19.0. The number of ether oxygens (including phenoxy) is 2. The fourth-order valence-electron chi connectivity index (χ4n) is 4.95. The number of ketones is 1. The first kappa shape index (κ1) is 36.7. The number of nitrogen functional groups attached to an aromatic ring is 1. The quantitative estimate of drug-likeness (QED) is 0.130. The standard InChI is InChI=1S/C21H31BrN2O5.C13H10O.CH4/c1-3-24(17-7-5-4-6-8-17)11-16-9-15(10-19(22)20(16)23)21(27)29-13-18(26)12-28-14(2)25;14-13(11-7-3-1-4-8-11)12-9-5-2-6-10-12;/h9-10,17-18,26H,3-8,11-13,23H2,1-2H3;1-10H;1H4. The molecule has 0 radical (unpaired) electrons. The van der Waals surface area contributed by atoms with Gasteiger partial charge in [0, 0.05) is 35.1 Å². The van der Waals surface area contributed by atoms with Crippen LogP contribution in [0.25, 0.3) is 0 Å². The van der Waals surface area contributed by atoms with Gasteiger partial charge in [-0.25, -0.2) is 4.79 Å². The highest BCUT2D eigenvalue weighted by atomic mass is 79.9. The summed E-state index contributed by atoms with van der Waals surface area (Å²) in [5.41, 5.74) is 9.58. The molecular weight excluding hydrogens is 624 g/mol. The lowest BCUT2D eigenvalue weighted by Crippen LogP contribution is -2.36. The van der Waals surface area contributed by atoms with Crippen LogP contribution in [0.3, 0.4) is 0 Å². The van der Waals surface area contributed by atoms with E-state index < -0.39 is 18.0 Å². The fourth-order valence-corrected chi connectivity index (χ4v) is 5.45. The van der Waals surface area contributed by atoms with Crippen LogP contribution in [0.4, 0.5) is 5.69 Å². The second-order valence-corrected chi connectivity index (χ2v) is 11.4. The fraction of sp³-hybridized carbons (Fsp3) is 0.400. The Balaban J connectivity index is 0.000000375. The van der Waals surface area contributed by atoms with Crippen LogP contribution < -0.4 is 5.73 Å². The first-order valence-corrected chi connectivity index (χ1v) is 15.4. The first-order chi connectivity index (χ1) is 20.7. The number of nitrogens with zero attached hydrogens (tertiary/aromatic N) is 1. The van der Waals surface area contributed by atoms with E-state index in [0.717, 1.165) is 23.2 Å². The van der Waals surface area contributed by atoms with E-state index in [-0.39, 0.29) is 26.4 Å². The smallest absolute Gasteiger partial charge is 0.338 e. The van der Waals surface area contributed by atoms with E-state index in [0.29, 0.717) is 28.3 Å². The Kier molecular flexibility index (Phi) is 15.8. The summed E-state index contributed by atoms with van der Waals surface area (Å²) in [4.78, 5) is 37.5. The molecule has 9 heteroatoms. The molecule has 4 rings (SSSR count). The SMILES string of the molecule is C.CCN(Cc1cc(C(=O)OCC(O)COC(C)=O)cc(Br)c1N)C1CCCCC1.O=C(c1ccccc1)c1ccccc1. The lowest BCUT2D eigenvalue weighted by molar-refractivity contribution is -0.144. The number of rotatable bonds is 11. The van der Waals surface area contributed by atoms with Gasteiger partial charge in [-0.2, -0.15) is 0 Å². The first-order valence-electron chi connectivity index (χ1n) is 14.6. The summed E-state index contributed by atoms with van der Waals surface area (Å²) < 4.78 is 10.5. The van der Waals surface area contributed by atoms with Crippen LogP contribution in [0.5, 0.6) is 0 Å². The minimum atomic E-state index is -1.07. The number of aliphatic hydroxyl groups is 1. The average Bonchev–Trinajstić information content (AvgIpc) is 3.04. The van der Waals surface area contributed by atoms with Gasteiger partial charge in [-0.3, -0.25) is 14.5 Å². The molecule has 1 fully saturated rings. The Bertz CT molecular complexity index is 1290. The highest BCUT2D eigenvalue weighted by Crippen LogP contribution is 2.30. The number of aliphatic hydroxyl groups excluding tert-OH is 1. The molecule has 3 aromatic rings. The summed E-state index contributed by atoms with van der Waals surface area (Å²) >= 11 is 3.44. The Morgan fingerprint density at radius 2 is 1.45 bits per heavy atom. The summed E-state index contributed by atoms with van der Waals surface area (Å²) in [6, 6.07) is 22.5. The molecule has 3 aromatic carbocycles. The van der Waals surface area contributed by atoms with E-state index in [4.69, 9.17) is 15.2 Å². The molecule has 0 amide bonds. The molecule has 8 nitrogen and oxygen atoms in total. The van der Waals surface area contributed by atoms with Gasteiger partial charge in [0.15, 0.2) is 5.78 Å². The van der Waals surface area contributed by atoms with Crippen molar-refractivity contribution in [1.29, 1.82) is 0 Å². The number of anilines is 1. The van der Waals surface area contributed by atoms with Crippen LogP contribution in [-0.4, -0.2) is 59.6 Å². The zero-order valence-electron chi connectivity index (χ0n) is 24.8. The topological polar surface area (TPSA) is 119 Å². The molecule has 0 saturated heterocycles. The maximum atomic E-state index is 12.4. The maximum absolute atomic E-state index is 12.4. The summed E-state index contributed by atoms with van der Waals surface area (Å²) in [6.45, 7) is 4.50. The normalized spacial score (nSPS) is 13.6. The highest BCUT2D eigenvalue weighted by Gasteiger charge is 2.22. The number of nitrogens with two attached hydrogens (primary N) is 1. The number of hydrogen-bond acceptors (Lipinski definition) is 8. The molecule has 0 heterocycles. The largest absolute Gasteiger partial charge is 0.463 e. The average molecular weight is 670 g/mol. The summed E-state index contributed by atoms with van der Waals surface area (Å²) in [5.74, 6) is -0.985. The van der Waals surface area contributed by atoms with Crippen molar-refractivity contribution in [2.75, 3.05) is 25.5 Å². The number of esters is 2. The molecular formula is C35H45BrN2O6. The van der Waals surface area contributed by atoms with E-state index in [9.17, 15) is 19.5 Å². The third-order valence-electron chi connectivity index (χ3n) is 7.28. The predicted molar refractivity (Wildman–Crippen MR) is 177 cm³/mol. The van der Waals surface area contributed by atoms with Crippen molar-refractivity contribution in [3.8, 4) is 0 Å². The summed E-state index contributed by atoms with van der Waals surface area (Å²) in [5, 5.41) is 9.75. The summed E-state index contributed by atoms with van der Waals surface area (Å²) in [7, 11) is 0. The van der Waals surface area contributed by atoms with Gasteiger partial charge in [-0.1, -0.05) is 94.3 Å². The van der Waals surface area contributed by atoms with Gasteiger partial charge in [0.1, 0.15) is 19.3 Å². The zero-order chi connectivity index (χ0) is 31.2. The molecule has 44 heavy (non-hydrogen) atoms. The minimum absolute atomic E-state index is 0. The van der Waals surface area contributed by atoms with Crippen molar-refractivity contribution in [3.63, 3.8) is 0 Å². The Morgan fingerprint density at radius 1 is 0.909 bits per heavy atom. The van der Waals surface area contributed by atoms with Crippen LogP contribution >= 0.6 is 15.9 Å². The van der Waals surface area contributed by atoms with Gasteiger partial charge in [0.2, 0.25) is 0 Å². The molecule has 238 valence electrons. The lowest BCUT2D eigenvalue weighted by Gasteiger charge is -2.34. The molecule has 1 aliphatic rings. The van der Waals surface area contributed by atoms with E-state index in [2.05, 4.69) is 27.8 Å². The predicted octanol–water partition coefficient (Wildman–Crippen LogP) is 6.82. The summed E-state index contributed by atoms with van der Waals surface area (Å²) in [6.07, 6.45) is 5.12. The number of halogens is 1. The molecule has 3 N–H and O–H groups in total. The number of benzene rings is 3. The van der Waals surface area contributed by atoms with Gasteiger partial charge in [-0.05, 0) is 53.0 Å². The van der Waals surface area contributed by atoms with Gasteiger partial charge >= 0.3 is 11.9 Å². The molecule has 1 atom stereocenters. The van der Waals surface area contributed by atoms with Crippen LogP contribution in [-0.2, 0) is 20.8 Å². The van der Waals surface area contributed by atoms with Gasteiger partial charge in [0.05, 0.1) is 11.3 Å². The number of carbonyl (C=O) groups is 3. The molecule has 1 aliphatic carbocycles. The van der Waals surface area contributed by atoms with Gasteiger partial charge < -0.3 is 20.3 Å². The van der Waals surface area contributed by atoms with Gasteiger partial charge in [-0.15, -0.1) is 0 Å². The van der Waals surface area contributed by atoms with Crippen molar-refractivity contribution >= 4 is 39.3 Å². The number of carbonyl (C=O) groups excluding carboxylic acids is 3. The lowest BCUT2D eigenvalue weighted by atomic mass is 9.93. The monoisotopic (exact) mass is 668 g/mol. The van der Waals surface area contributed by atoms with E-state index in [1.807, 2.05) is 60.7 Å². The van der Waals surface area contributed by atoms with Crippen molar-refractivity contribution in [1.82, 2.24) is 4.90 Å². The van der Waals surface area contributed by atoms with Crippen LogP contribution in [0.1, 0.15) is 85.2 Å². The molecule has 0 spiro atoms.